The fourth-order valence-electron chi connectivity index (χ4n) is 3.60. The molecular weight excluding hydrogens is 288 g/mol. The Bertz CT molecular complexity index is 580. The van der Waals surface area contributed by atoms with Crippen molar-refractivity contribution in [3.05, 3.63) is 29.7 Å². The van der Waals surface area contributed by atoms with Crippen LogP contribution in [0.3, 0.4) is 0 Å². The normalized spacial score (nSPS) is 13.9. The minimum atomic E-state index is -0.995. The Hall–Kier alpha value is -0.670. The minimum Gasteiger partial charge on any atom is -0.309 e. The molecule has 0 saturated carbocycles. The Morgan fingerprint density at radius 3 is 2.05 bits per heavy atom. The van der Waals surface area contributed by atoms with E-state index in [0.717, 1.165) is 5.39 Å². The number of rotatable bonds is 4. The van der Waals surface area contributed by atoms with Crippen molar-refractivity contribution < 1.29 is 0 Å². The Morgan fingerprint density at radius 2 is 1.55 bits per heavy atom. The molecule has 0 atom stereocenters. The first-order valence-corrected chi connectivity index (χ1v) is 9.41. The van der Waals surface area contributed by atoms with Crippen molar-refractivity contribution in [1.29, 1.82) is 0 Å². The molecule has 0 fully saturated rings. The summed E-state index contributed by atoms with van der Waals surface area (Å²) >= 11 is 6.24. The number of nitrogens with zero attached hydrogens (tertiary/aromatic N) is 2. The van der Waals surface area contributed by atoms with Gasteiger partial charge in [-0.3, -0.25) is 0 Å². The fraction of sp³-hybridized carbons (Fsp3) is 0.562. The third-order valence-electron chi connectivity index (χ3n) is 4.14. The van der Waals surface area contributed by atoms with Crippen LogP contribution in [0.2, 0.25) is 5.15 Å². The number of hydrogen-bond acceptors (Lipinski definition) is 1. The Balaban J connectivity index is 2.79. The molecule has 2 rings (SSSR count). The first-order valence-electron chi connectivity index (χ1n) is 7.25. The van der Waals surface area contributed by atoms with Gasteiger partial charge in [0.25, 0.3) is 0 Å². The molecule has 112 valence electrons. The molecule has 2 aromatic rings. The van der Waals surface area contributed by atoms with Crippen molar-refractivity contribution in [1.82, 2.24) is 8.96 Å². The summed E-state index contributed by atoms with van der Waals surface area (Å²) in [6.07, 6.45) is 4.03. The average molecular weight is 313 g/mol. The molecule has 4 heteroatoms. The van der Waals surface area contributed by atoms with Gasteiger partial charge in [-0.2, -0.15) is 10.2 Å². The fourth-order valence-corrected chi connectivity index (χ4v) is 9.21. The van der Waals surface area contributed by atoms with Crippen molar-refractivity contribution in [2.75, 3.05) is 0 Å². The van der Waals surface area contributed by atoms with Crippen LogP contribution in [-0.4, -0.2) is 24.7 Å². The zero-order valence-electron chi connectivity index (χ0n) is 13.2. The molecule has 0 spiro atoms. The third kappa shape index (κ3) is 2.15. The second kappa shape index (κ2) is 5.61. The van der Waals surface area contributed by atoms with Crippen LogP contribution in [0.15, 0.2) is 24.5 Å². The predicted octanol–water partition coefficient (Wildman–Crippen LogP) is 5.48. The summed E-state index contributed by atoms with van der Waals surface area (Å²) in [6, 6.07) is 4.20. The SMILES string of the molecule is CC(C)S(C(C)C)(C(C)C)n1ccc2c(Cl)nccc21. The summed E-state index contributed by atoms with van der Waals surface area (Å²) < 4.78 is 2.51. The largest absolute Gasteiger partial charge is 0.309 e. The molecule has 2 nitrogen and oxygen atoms in total. The van der Waals surface area contributed by atoms with Crippen LogP contribution in [0.5, 0.6) is 0 Å². The summed E-state index contributed by atoms with van der Waals surface area (Å²) in [5, 5.41) is 3.51. The first kappa shape index (κ1) is 15.7. The van der Waals surface area contributed by atoms with Crippen LogP contribution >= 0.6 is 21.8 Å². The van der Waals surface area contributed by atoms with Gasteiger partial charge in [0, 0.05) is 33.5 Å². The highest BCUT2D eigenvalue weighted by molar-refractivity contribution is 8.33. The number of pyridine rings is 1. The van der Waals surface area contributed by atoms with E-state index in [2.05, 4.69) is 68.8 Å². The maximum atomic E-state index is 6.24. The second-order valence-corrected chi connectivity index (χ2v) is 11.1. The van der Waals surface area contributed by atoms with Gasteiger partial charge >= 0.3 is 0 Å². The highest BCUT2D eigenvalue weighted by Gasteiger charge is 2.37. The lowest BCUT2D eigenvalue weighted by Crippen LogP contribution is -2.33. The molecule has 0 saturated heterocycles. The van der Waals surface area contributed by atoms with E-state index in [1.807, 2.05) is 6.20 Å². The van der Waals surface area contributed by atoms with Crippen molar-refractivity contribution in [3.63, 3.8) is 0 Å². The number of halogens is 1. The summed E-state index contributed by atoms with van der Waals surface area (Å²) in [4.78, 5) is 4.20. The lowest BCUT2D eigenvalue weighted by atomic mass is 10.3. The summed E-state index contributed by atoms with van der Waals surface area (Å²) in [7, 11) is -0.995. The van der Waals surface area contributed by atoms with Gasteiger partial charge in [0.05, 0.1) is 5.52 Å². The lowest BCUT2D eigenvalue weighted by molar-refractivity contribution is 0.914. The van der Waals surface area contributed by atoms with Crippen LogP contribution in [0.25, 0.3) is 10.9 Å². The molecule has 0 radical (unpaired) electrons. The Kier molecular flexibility index (Phi) is 4.41. The quantitative estimate of drug-likeness (QED) is 0.683. The van der Waals surface area contributed by atoms with Gasteiger partial charge in [-0.15, -0.1) is 0 Å². The molecule has 2 aromatic heterocycles. The second-order valence-electron chi connectivity index (χ2n) is 6.05. The van der Waals surface area contributed by atoms with E-state index in [-0.39, 0.29) is 0 Å². The van der Waals surface area contributed by atoms with Gasteiger partial charge < -0.3 is 3.97 Å². The first-order chi connectivity index (χ1) is 9.33. The van der Waals surface area contributed by atoms with Crippen molar-refractivity contribution >= 4 is 32.7 Å². The van der Waals surface area contributed by atoms with E-state index in [0.29, 0.717) is 20.9 Å². The zero-order chi connectivity index (χ0) is 15.1. The molecule has 20 heavy (non-hydrogen) atoms. The number of fused-ring (bicyclic) bond motifs is 1. The molecule has 0 aliphatic carbocycles. The van der Waals surface area contributed by atoms with Gasteiger partial charge in [-0.05, 0) is 12.1 Å². The molecule has 0 amide bonds. The number of aromatic nitrogens is 2. The van der Waals surface area contributed by atoms with Crippen molar-refractivity contribution in [2.45, 2.75) is 57.3 Å². The molecule has 0 bridgehead atoms. The van der Waals surface area contributed by atoms with E-state index in [9.17, 15) is 0 Å². The maximum Gasteiger partial charge on any atom is 0.138 e. The number of hydrogen-bond donors (Lipinski definition) is 0. The van der Waals surface area contributed by atoms with Crippen LogP contribution in [0.4, 0.5) is 0 Å². The van der Waals surface area contributed by atoms with Crippen LogP contribution in [0.1, 0.15) is 41.5 Å². The highest BCUT2D eigenvalue weighted by atomic mass is 35.5. The monoisotopic (exact) mass is 312 g/mol. The average Bonchev–Trinajstić information content (AvgIpc) is 2.74. The van der Waals surface area contributed by atoms with Gasteiger partial charge in [0.1, 0.15) is 5.15 Å². The van der Waals surface area contributed by atoms with E-state index in [1.165, 1.54) is 5.52 Å². The van der Waals surface area contributed by atoms with E-state index in [1.54, 1.807) is 0 Å². The Labute approximate surface area is 129 Å². The standard InChI is InChI=1S/C16H25ClN2S/c1-11(2)20(12(3)4,13(5)6)19-10-8-14-15(19)7-9-18-16(14)17/h7-13H,1-6H3. The van der Waals surface area contributed by atoms with Crippen LogP contribution in [0, 0.1) is 0 Å². The van der Waals surface area contributed by atoms with Crippen molar-refractivity contribution in [2.24, 2.45) is 0 Å². The molecule has 2 heterocycles. The molecule has 0 unspecified atom stereocenters. The zero-order valence-corrected chi connectivity index (χ0v) is 14.8. The smallest absolute Gasteiger partial charge is 0.138 e. The summed E-state index contributed by atoms with van der Waals surface area (Å²) in [5.74, 6) is 0. The molecule has 0 aliphatic heterocycles. The Morgan fingerprint density at radius 1 is 1.00 bits per heavy atom. The summed E-state index contributed by atoms with van der Waals surface area (Å²) in [6.45, 7) is 14.1. The third-order valence-corrected chi connectivity index (χ3v) is 9.97. The van der Waals surface area contributed by atoms with E-state index < -0.39 is 10.2 Å². The highest BCUT2D eigenvalue weighted by Crippen LogP contribution is 2.62. The molecule has 0 aliphatic rings. The van der Waals surface area contributed by atoms with Gasteiger partial charge in [-0.1, -0.05) is 53.1 Å². The minimum absolute atomic E-state index is 0.603. The van der Waals surface area contributed by atoms with Gasteiger partial charge in [-0.25, -0.2) is 4.98 Å². The van der Waals surface area contributed by atoms with Crippen LogP contribution < -0.4 is 0 Å². The van der Waals surface area contributed by atoms with Gasteiger partial charge in [0.15, 0.2) is 0 Å². The van der Waals surface area contributed by atoms with E-state index in [4.69, 9.17) is 11.6 Å². The van der Waals surface area contributed by atoms with E-state index >= 15 is 0 Å². The molecular formula is C16H25ClN2S. The lowest BCUT2D eigenvalue weighted by Gasteiger charge is -2.52. The molecule has 0 N–H and O–H groups in total. The molecule has 0 aromatic carbocycles. The van der Waals surface area contributed by atoms with Crippen LogP contribution in [-0.2, 0) is 0 Å². The predicted molar refractivity (Wildman–Crippen MR) is 93.1 cm³/mol. The van der Waals surface area contributed by atoms with Crippen molar-refractivity contribution in [3.8, 4) is 0 Å². The topological polar surface area (TPSA) is 17.8 Å². The maximum absolute atomic E-state index is 6.24. The van der Waals surface area contributed by atoms with Gasteiger partial charge in [0.2, 0.25) is 0 Å². The summed E-state index contributed by atoms with van der Waals surface area (Å²) in [5.41, 5.74) is 1.22.